The van der Waals surface area contributed by atoms with Crippen LogP contribution in [0.25, 0.3) is 11.4 Å². The second-order valence-electron chi connectivity index (χ2n) is 5.52. The molecular weight excluding hydrogens is 334 g/mol. The van der Waals surface area contributed by atoms with Crippen LogP contribution in [0.5, 0.6) is 0 Å². The molecule has 0 aliphatic rings. The van der Waals surface area contributed by atoms with E-state index in [0.717, 1.165) is 11.3 Å². The first-order valence-electron chi connectivity index (χ1n) is 8.00. The lowest BCUT2D eigenvalue weighted by atomic mass is 10.2. The number of carbonyl (C=O) groups excluding carboxylic acids is 1. The highest BCUT2D eigenvalue weighted by molar-refractivity contribution is 7.99. The van der Waals surface area contributed by atoms with Crippen molar-refractivity contribution in [1.82, 2.24) is 25.5 Å². The maximum atomic E-state index is 12.0. The molecule has 0 unspecified atom stereocenters. The Labute approximate surface area is 150 Å². The van der Waals surface area contributed by atoms with Crippen molar-refractivity contribution in [2.45, 2.75) is 18.4 Å². The summed E-state index contributed by atoms with van der Waals surface area (Å²) in [7, 11) is 0. The number of carbonyl (C=O) groups is 1. The Hall–Kier alpha value is -2.67. The molecule has 7 heteroatoms. The highest BCUT2D eigenvalue weighted by Gasteiger charge is 2.08. The van der Waals surface area contributed by atoms with Crippen molar-refractivity contribution < 1.29 is 4.79 Å². The number of thioether (sulfide) groups is 1. The quantitative estimate of drug-likeness (QED) is 0.522. The van der Waals surface area contributed by atoms with Crippen LogP contribution in [0.1, 0.15) is 5.56 Å². The van der Waals surface area contributed by atoms with Crippen molar-refractivity contribution in [3.05, 3.63) is 60.2 Å². The van der Waals surface area contributed by atoms with E-state index in [4.69, 9.17) is 0 Å². The van der Waals surface area contributed by atoms with Crippen molar-refractivity contribution in [2.75, 3.05) is 12.3 Å². The smallest absolute Gasteiger partial charge is 0.243 e. The fourth-order valence-electron chi connectivity index (χ4n) is 2.19. The predicted molar refractivity (Wildman–Crippen MR) is 98.2 cm³/mol. The number of benzene rings is 2. The van der Waals surface area contributed by atoms with Crippen molar-refractivity contribution >= 4 is 17.7 Å². The van der Waals surface area contributed by atoms with Crippen LogP contribution in [0.3, 0.4) is 0 Å². The molecule has 3 aromatic rings. The largest absolute Gasteiger partial charge is 0.354 e. The van der Waals surface area contributed by atoms with Gasteiger partial charge in [0.2, 0.25) is 11.7 Å². The van der Waals surface area contributed by atoms with Crippen LogP contribution in [0.4, 0.5) is 0 Å². The molecule has 1 aromatic heterocycles. The molecule has 0 atom stereocenters. The first-order chi connectivity index (χ1) is 12.2. The summed E-state index contributed by atoms with van der Waals surface area (Å²) >= 11 is 1.71. The lowest BCUT2D eigenvalue weighted by molar-refractivity contribution is -0.121. The molecule has 1 amide bonds. The molecule has 6 nitrogen and oxygen atoms in total. The predicted octanol–water partition coefficient (Wildman–Crippen LogP) is 2.56. The van der Waals surface area contributed by atoms with Gasteiger partial charge in [0.25, 0.3) is 0 Å². The number of hydrogen-bond donors (Lipinski definition) is 1. The Morgan fingerprint density at radius 3 is 2.64 bits per heavy atom. The van der Waals surface area contributed by atoms with E-state index < -0.39 is 0 Å². The van der Waals surface area contributed by atoms with Crippen LogP contribution in [0.15, 0.2) is 59.5 Å². The minimum Gasteiger partial charge on any atom is -0.354 e. The molecule has 0 aliphatic heterocycles. The lowest BCUT2D eigenvalue weighted by Gasteiger charge is -2.05. The molecule has 0 saturated carbocycles. The average molecular weight is 353 g/mol. The van der Waals surface area contributed by atoms with Gasteiger partial charge in [0.1, 0.15) is 6.54 Å². The summed E-state index contributed by atoms with van der Waals surface area (Å²) in [5.41, 5.74) is 2.12. The Morgan fingerprint density at radius 1 is 1.12 bits per heavy atom. The molecular formula is C18H19N5OS. The van der Waals surface area contributed by atoms with Gasteiger partial charge in [-0.1, -0.05) is 48.0 Å². The molecule has 0 spiro atoms. The molecule has 0 aliphatic carbocycles. The van der Waals surface area contributed by atoms with E-state index >= 15 is 0 Å². The number of hydrogen-bond acceptors (Lipinski definition) is 5. The van der Waals surface area contributed by atoms with Gasteiger partial charge in [-0.3, -0.25) is 4.79 Å². The third kappa shape index (κ3) is 5.15. The highest BCUT2D eigenvalue weighted by Crippen LogP contribution is 2.17. The van der Waals surface area contributed by atoms with Gasteiger partial charge >= 0.3 is 0 Å². The Bertz CT molecular complexity index is 817. The van der Waals surface area contributed by atoms with E-state index in [2.05, 4.69) is 51.9 Å². The molecule has 1 N–H and O–H groups in total. The Morgan fingerprint density at radius 2 is 1.88 bits per heavy atom. The third-order valence-corrected chi connectivity index (χ3v) is 4.50. The Balaban J connectivity index is 1.42. The molecule has 1 heterocycles. The van der Waals surface area contributed by atoms with Crippen LogP contribution in [-0.2, 0) is 11.3 Å². The normalized spacial score (nSPS) is 10.6. The molecule has 0 bridgehead atoms. The maximum absolute atomic E-state index is 12.0. The monoisotopic (exact) mass is 353 g/mol. The molecule has 2 aromatic carbocycles. The van der Waals surface area contributed by atoms with Crippen molar-refractivity contribution in [3.8, 4) is 11.4 Å². The summed E-state index contributed by atoms with van der Waals surface area (Å²) in [6, 6.07) is 17.9. The summed E-state index contributed by atoms with van der Waals surface area (Å²) in [4.78, 5) is 14.5. The third-order valence-electron chi connectivity index (χ3n) is 3.48. The minimum atomic E-state index is -0.124. The summed E-state index contributed by atoms with van der Waals surface area (Å²) in [6.07, 6.45) is 0. The lowest BCUT2D eigenvalue weighted by Crippen LogP contribution is -2.30. The van der Waals surface area contributed by atoms with Crippen LogP contribution in [-0.4, -0.2) is 38.4 Å². The molecule has 128 valence electrons. The van der Waals surface area contributed by atoms with Gasteiger partial charge in [-0.2, -0.15) is 4.80 Å². The van der Waals surface area contributed by atoms with Gasteiger partial charge in [-0.25, -0.2) is 0 Å². The fraction of sp³-hybridized carbons (Fsp3) is 0.222. The summed E-state index contributed by atoms with van der Waals surface area (Å²) in [5.74, 6) is 1.21. The molecule has 0 fully saturated rings. The van der Waals surface area contributed by atoms with Crippen molar-refractivity contribution in [2.24, 2.45) is 0 Å². The van der Waals surface area contributed by atoms with Crippen molar-refractivity contribution in [3.63, 3.8) is 0 Å². The minimum absolute atomic E-state index is 0.0645. The first-order valence-corrected chi connectivity index (χ1v) is 8.99. The summed E-state index contributed by atoms with van der Waals surface area (Å²) in [5, 5.41) is 15.0. The van der Waals surface area contributed by atoms with E-state index in [0.29, 0.717) is 12.4 Å². The summed E-state index contributed by atoms with van der Waals surface area (Å²) in [6.45, 7) is 2.72. The fourth-order valence-corrected chi connectivity index (χ4v) is 2.96. The average Bonchev–Trinajstić information content (AvgIpc) is 3.09. The zero-order valence-corrected chi connectivity index (χ0v) is 14.7. The van der Waals surface area contributed by atoms with Crippen LogP contribution in [0.2, 0.25) is 0 Å². The van der Waals surface area contributed by atoms with E-state index in [1.165, 1.54) is 15.3 Å². The number of nitrogens with zero attached hydrogens (tertiary/aromatic N) is 4. The van der Waals surface area contributed by atoms with Gasteiger partial charge in [-0.15, -0.1) is 22.0 Å². The second kappa shape index (κ2) is 8.43. The van der Waals surface area contributed by atoms with Gasteiger partial charge in [0.05, 0.1) is 0 Å². The van der Waals surface area contributed by atoms with Crippen molar-refractivity contribution in [1.29, 1.82) is 0 Å². The van der Waals surface area contributed by atoms with E-state index in [9.17, 15) is 4.79 Å². The molecule has 0 radical (unpaired) electrons. The SMILES string of the molecule is Cc1ccc(SCCNC(=O)Cn2nnc(-c3ccccc3)n2)cc1. The molecule has 25 heavy (non-hydrogen) atoms. The highest BCUT2D eigenvalue weighted by atomic mass is 32.2. The maximum Gasteiger partial charge on any atom is 0.243 e. The summed E-state index contributed by atoms with van der Waals surface area (Å²) < 4.78 is 0. The van der Waals surface area contributed by atoms with Gasteiger partial charge < -0.3 is 5.32 Å². The topological polar surface area (TPSA) is 72.7 Å². The van der Waals surface area contributed by atoms with E-state index in [1.54, 1.807) is 11.8 Å². The molecule has 3 rings (SSSR count). The standard InChI is InChI=1S/C18H19N5OS/c1-14-7-9-16(10-8-14)25-12-11-19-17(24)13-23-21-18(20-22-23)15-5-3-2-4-6-15/h2-10H,11-13H2,1H3,(H,19,24). The van der Waals surface area contributed by atoms with Crippen LogP contribution >= 0.6 is 11.8 Å². The second-order valence-corrected chi connectivity index (χ2v) is 6.69. The zero-order valence-electron chi connectivity index (χ0n) is 13.9. The van der Waals surface area contributed by atoms with Gasteiger partial charge in [0.15, 0.2) is 0 Å². The number of rotatable bonds is 7. The number of aromatic nitrogens is 4. The first kappa shape index (κ1) is 17.2. The van der Waals surface area contributed by atoms with Gasteiger partial charge in [-0.05, 0) is 24.3 Å². The Kier molecular flexibility index (Phi) is 5.79. The molecule has 0 saturated heterocycles. The van der Waals surface area contributed by atoms with E-state index in [-0.39, 0.29) is 12.5 Å². The number of amides is 1. The number of tetrazole rings is 1. The zero-order chi connectivity index (χ0) is 17.5. The van der Waals surface area contributed by atoms with Gasteiger partial charge in [0, 0.05) is 22.8 Å². The van der Waals surface area contributed by atoms with Crippen LogP contribution in [0, 0.1) is 6.92 Å². The van der Waals surface area contributed by atoms with Crippen LogP contribution < -0.4 is 5.32 Å². The number of nitrogens with one attached hydrogen (secondary N) is 1. The number of aryl methyl sites for hydroxylation is 1. The van der Waals surface area contributed by atoms with E-state index in [1.807, 2.05) is 30.3 Å².